The van der Waals surface area contributed by atoms with E-state index < -0.39 is 11.8 Å². The number of piperazine rings is 1. The van der Waals surface area contributed by atoms with Gasteiger partial charge >= 0.3 is 12.1 Å². The molecule has 1 aliphatic carbocycles. The van der Waals surface area contributed by atoms with Crippen LogP contribution < -0.4 is 9.64 Å². The molecule has 2 unspecified atom stereocenters. The fraction of sp³-hybridized carbons (Fsp3) is 0.793. The lowest BCUT2D eigenvalue weighted by Crippen LogP contribution is -2.57. The highest BCUT2D eigenvalue weighted by Gasteiger charge is 2.50. The van der Waals surface area contributed by atoms with E-state index in [4.69, 9.17) is 29.2 Å². The van der Waals surface area contributed by atoms with E-state index in [2.05, 4.69) is 14.4 Å². The van der Waals surface area contributed by atoms with Crippen LogP contribution in [0.3, 0.4) is 0 Å². The number of methoxy groups -OCH3 is 1. The number of rotatable bonds is 6. The number of carbonyl (C=O) groups excluding carboxylic acids is 1. The average molecular weight is 572 g/mol. The van der Waals surface area contributed by atoms with Crippen molar-refractivity contribution >= 4 is 23.1 Å². The molecule has 5 fully saturated rings. The van der Waals surface area contributed by atoms with Gasteiger partial charge in [0.05, 0.1) is 30.1 Å². The standard InChI is InChI=1S/C29H42FN7O4/c1-28(2,3)41-27(38)37-19-6-7-20(37)15-34(14-19)25-23-24(31-17-36(23)21-10-22(11-21)39-4)32-26(33-25)40-16-29-8-5-9-35(29)13-18(30)12-29/h17-22H,5-16H2,1-4H3/t18-,19?,20?,21?,22?,29+/m1/s1. The number of alkyl halides is 1. The van der Waals surface area contributed by atoms with E-state index >= 15 is 0 Å². The molecule has 2 bridgehead atoms. The molecule has 2 aromatic rings. The molecule has 4 saturated heterocycles. The van der Waals surface area contributed by atoms with E-state index in [1.54, 1.807) is 7.11 Å². The SMILES string of the molecule is COC1CC(n2cnc3nc(OC[C@@]45CCCN4C[C@H](F)C5)nc(N4CC5CCC(C4)N5C(=O)OC(C)(C)C)c32)C1. The Morgan fingerprint density at radius 2 is 1.88 bits per heavy atom. The lowest BCUT2D eigenvalue weighted by Gasteiger charge is -2.42. The Morgan fingerprint density at radius 1 is 1.12 bits per heavy atom. The molecule has 7 rings (SSSR count). The third-order valence-electron chi connectivity index (χ3n) is 9.80. The van der Waals surface area contributed by atoms with Gasteiger partial charge in [0, 0.05) is 39.2 Å². The van der Waals surface area contributed by atoms with E-state index in [9.17, 15) is 9.18 Å². The number of amides is 1. The zero-order valence-corrected chi connectivity index (χ0v) is 24.6. The van der Waals surface area contributed by atoms with Crippen molar-refractivity contribution in [2.75, 3.05) is 44.8 Å². The number of fused-ring (bicyclic) bond motifs is 4. The van der Waals surface area contributed by atoms with Crippen molar-refractivity contribution < 1.29 is 23.4 Å². The second kappa shape index (κ2) is 9.93. The van der Waals surface area contributed by atoms with Crippen LogP contribution in [-0.4, -0.2) is 111 Å². The summed E-state index contributed by atoms with van der Waals surface area (Å²) in [6, 6.07) is 0.639. The van der Waals surface area contributed by atoms with Gasteiger partial charge in [0.1, 0.15) is 23.9 Å². The Hall–Kier alpha value is -2.73. The highest BCUT2D eigenvalue weighted by Crippen LogP contribution is 2.42. The van der Waals surface area contributed by atoms with Crippen LogP contribution in [0.25, 0.3) is 11.2 Å². The number of imidazole rings is 1. The quantitative estimate of drug-likeness (QED) is 0.514. The number of aromatic nitrogens is 4. The van der Waals surface area contributed by atoms with Gasteiger partial charge in [-0.3, -0.25) is 9.80 Å². The smallest absolute Gasteiger partial charge is 0.410 e. The topological polar surface area (TPSA) is 98.1 Å². The molecular weight excluding hydrogens is 529 g/mol. The molecule has 1 saturated carbocycles. The number of ether oxygens (including phenoxy) is 3. The molecular formula is C29H42FN7O4. The molecule has 1 amide bonds. The Balaban J connectivity index is 1.18. The monoisotopic (exact) mass is 571 g/mol. The van der Waals surface area contributed by atoms with Gasteiger partial charge in [0.2, 0.25) is 0 Å². The zero-order valence-electron chi connectivity index (χ0n) is 24.6. The van der Waals surface area contributed by atoms with Crippen molar-refractivity contribution in [3.63, 3.8) is 0 Å². The Kier molecular flexibility index (Phi) is 6.57. The molecule has 0 spiro atoms. The van der Waals surface area contributed by atoms with Crippen LogP contribution in [0.4, 0.5) is 15.0 Å². The lowest BCUT2D eigenvalue weighted by molar-refractivity contribution is 0.00733. The molecule has 4 atom stereocenters. The molecule has 11 nitrogen and oxygen atoms in total. The fourth-order valence-corrected chi connectivity index (χ4v) is 7.76. The van der Waals surface area contributed by atoms with Gasteiger partial charge in [-0.1, -0.05) is 0 Å². The van der Waals surface area contributed by atoms with E-state index in [0.717, 1.165) is 56.4 Å². The lowest BCUT2D eigenvalue weighted by atomic mass is 9.89. The van der Waals surface area contributed by atoms with Crippen LogP contribution in [0.1, 0.15) is 71.8 Å². The van der Waals surface area contributed by atoms with Crippen LogP contribution >= 0.6 is 0 Å². The molecule has 0 aromatic carbocycles. The summed E-state index contributed by atoms with van der Waals surface area (Å²) < 4.78 is 34.2. The maximum Gasteiger partial charge on any atom is 0.410 e. The van der Waals surface area contributed by atoms with Gasteiger partial charge in [-0.15, -0.1) is 0 Å². The van der Waals surface area contributed by atoms with Crippen molar-refractivity contribution in [1.29, 1.82) is 0 Å². The summed E-state index contributed by atoms with van der Waals surface area (Å²) in [5.74, 6) is 0.791. The van der Waals surface area contributed by atoms with Crippen LogP contribution in [-0.2, 0) is 9.47 Å². The van der Waals surface area contributed by atoms with Crippen molar-refractivity contribution in [1.82, 2.24) is 29.3 Å². The summed E-state index contributed by atoms with van der Waals surface area (Å²) >= 11 is 0. The van der Waals surface area contributed by atoms with Gasteiger partial charge in [-0.05, 0) is 65.8 Å². The van der Waals surface area contributed by atoms with Crippen molar-refractivity contribution in [2.24, 2.45) is 0 Å². The maximum atomic E-state index is 14.4. The molecule has 0 radical (unpaired) electrons. The molecule has 224 valence electrons. The van der Waals surface area contributed by atoms with Gasteiger partial charge in [-0.2, -0.15) is 9.97 Å². The first-order valence-corrected chi connectivity index (χ1v) is 15.2. The highest BCUT2D eigenvalue weighted by molar-refractivity contribution is 5.85. The first-order valence-electron chi connectivity index (χ1n) is 15.2. The van der Waals surface area contributed by atoms with Crippen LogP contribution in [0.2, 0.25) is 0 Å². The van der Waals surface area contributed by atoms with Gasteiger partial charge < -0.3 is 23.7 Å². The first kappa shape index (κ1) is 27.1. The Labute approximate surface area is 240 Å². The highest BCUT2D eigenvalue weighted by atomic mass is 19.1. The molecule has 5 aliphatic rings. The molecule has 4 aliphatic heterocycles. The number of nitrogens with zero attached hydrogens (tertiary/aromatic N) is 7. The maximum absolute atomic E-state index is 14.4. The second-order valence-electron chi connectivity index (χ2n) is 13.7. The summed E-state index contributed by atoms with van der Waals surface area (Å²) in [7, 11) is 1.76. The predicted octanol–water partition coefficient (Wildman–Crippen LogP) is 3.72. The minimum absolute atomic E-state index is 0.0434. The van der Waals surface area contributed by atoms with Crippen LogP contribution in [0.15, 0.2) is 6.33 Å². The fourth-order valence-electron chi connectivity index (χ4n) is 7.76. The largest absolute Gasteiger partial charge is 0.461 e. The summed E-state index contributed by atoms with van der Waals surface area (Å²) in [4.78, 5) is 34.0. The van der Waals surface area contributed by atoms with Crippen LogP contribution in [0, 0.1) is 0 Å². The van der Waals surface area contributed by atoms with E-state index in [-0.39, 0.29) is 41.9 Å². The van der Waals surface area contributed by atoms with E-state index in [1.165, 1.54) is 0 Å². The summed E-state index contributed by atoms with van der Waals surface area (Å²) in [5.41, 5.74) is 0.677. The molecule has 0 N–H and O–H groups in total. The summed E-state index contributed by atoms with van der Waals surface area (Å²) in [6.07, 6.45) is 7.22. The summed E-state index contributed by atoms with van der Waals surface area (Å²) in [6.45, 7) is 8.78. The van der Waals surface area contributed by atoms with Crippen molar-refractivity contribution in [3.8, 4) is 6.01 Å². The predicted molar refractivity (Wildman–Crippen MR) is 150 cm³/mol. The Bertz CT molecular complexity index is 1300. The zero-order chi connectivity index (χ0) is 28.5. The molecule has 12 heteroatoms. The van der Waals surface area contributed by atoms with E-state index in [0.29, 0.717) is 38.3 Å². The molecule has 6 heterocycles. The average Bonchev–Trinajstić information content (AvgIpc) is 3.61. The minimum Gasteiger partial charge on any atom is -0.461 e. The summed E-state index contributed by atoms with van der Waals surface area (Å²) in [5, 5.41) is 0. The van der Waals surface area contributed by atoms with Crippen molar-refractivity contribution in [3.05, 3.63) is 6.33 Å². The number of hydrogen-bond donors (Lipinski definition) is 0. The third kappa shape index (κ3) is 4.80. The normalized spacial score (nSPS) is 33.3. The van der Waals surface area contributed by atoms with Crippen LogP contribution in [0.5, 0.6) is 6.01 Å². The van der Waals surface area contributed by atoms with Gasteiger partial charge in [-0.25, -0.2) is 14.2 Å². The van der Waals surface area contributed by atoms with Gasteiger partial charge in [0.25, 0.3) is 0 Å². The first-order chi connectivity index (χ1) is 19.6. The number of hydrogen-bond acceptors (Lipinski definition) is 9. The third-order valence-corrected chi connectivity index (χ3v) is 9.80. The Morgan fingerprint density at radius 3 is 2.59 bits per heavy atom. The minimum atomic E-state index is -0.816. The van der Waals surface area contributed by atoms with Crippen molar-refractivity contribution in [2.45, 2.75) is 107 Å². The second-order valence-corrected chi connectivity index (χ2v) is 13.7. The number of halogens is 1. The molecule has 2 aromatic heterocycles. The van der Waals surface area contributed by atoms with E-state index in [1.807, 2.05) is 32.0 Å². The number of carbonyl (C=O) groups is 1. The molecule has 41 heavy (non-hydrogen) atoms. The number of anilines is 1. The van der Waals surface area contributed by atoms with Gasteiger partial charge in [0.15, 0.2) is 11.5 Å².